The summed E-state index contributed by atoms with van der Waals surface area (Å²) in [6, 6.07) is 0. The standard InChI is InChI=1S/C15H26N4/c1-4-13-14(16)15(19(3)17-13)18(2)9-12-8-10-5-6-11(12)7-10/h10-12H,4-9,16H2,1-3H3. The van der Waals surface area contributed by atoms with Gasteiger partial charge in [0.2, 0.25) is 0 Å². The van der Waals surface area contributed by atoms with Gasteiger partial charge < -0.3 is 10.6 Å². The van der Waals surface area contributed by atoms with Crippen molar-refractivity contribution < 1.29 is 0 Å². The predicted octanol–water partition coefficient (Wildman–Crippen LogP) is 2.44. The van der Waals surface area contributed by atoms with Crippen molar-refractivity contribution >= 4 is 11.5 Å². The number of fused-ring (bicyclic) bond motifs is 2. The second-order valence-electron chi connectivity index (χ2n) is 6.48. The van der Waals surface area contributed by atoms with E-state index < -0.39 is 0 Å². The Morgan fingerprint density at radius 1 is 1.37 bits per heavy atom. The highest BCUT2D eigenvalue weighted by molar-refractivity contribution is 5.66. The van der Waals surface area contributed by atoms with Crippen LogP contribution in [-0.2, 0) is 13.5 Å². The average molecular weight is 262 g/mol. The van der Waals surface area contributed by atoms with E-state index in [9.17, 15) is 0 Å². The van der Waals surface area contributed by atoms with Crippen LogP contribution in [0, 0.1) is 17.8 Å². The van der Waals surface area contributed by atoms with E-state index in [1.807, 2.05) is 11.7 Å². The topological polar surface area (TPSA) is 47.1 Å². The highest BCUT2D eigenvalue weighted by Gasteiger charge is 2.40. The van der Waals surface area contributed by atoms with Crippen LogP contribution in [0.5, 0.6) is 0 Å². The Hall–Kier alpha value is -1.19. The Bertz CT molecular complexity index is 465. The van der Waals surface area contributed by atoms with Gasteiger partial charge in [-0.15, -0.1) is 0 Å². The van der Waals surface area contributed by atoms with Crippen LogP contribution in [0.1, 0.15) is 38.3 Å². The number of anilines is 2. The van der Waals surface area contributed by atoms with E-state index in [0.717, 1.165) is 47.9 Å². The van der Waals surface area contributed by atoms with E-state index in [-0.39, 0.29) is 0 Å². The summed E-state index contributed by atoms with van der Waals surface area (Å²) in [6.45, 7) is 3.24. The first-order valence-corrected chi connectivity index (χ1v) is 7.62. The minimum absolute atomic E-state index is 0.864. The largest absolute Gasteiger partial charge is 0.394 e. The molecule has 1 aromatic rings. The average Bonchev–Trinajstić information content (AvgIpc) is 3.03. The van der Waals surface area contributed by atoms with Gasteiger partial charge in [-0.1, -0.05) is 13.3 Å². The lowest BCUT2D eigenvalue weighted by molar-refractivity contribution is 0.336. The molecule has 0 spiro atoms. The second kappa shape index (κ2) is 4.73. The van der Waals surface area contributed by atoms with Crippen LogP contribution in [0.4, 0.5) is 11.5 Å². The second-order valence-corrected chi connectivity index (χ2v) is 6.48. The summed E-state index contributed by atoms with van der Waals surface area (Å²) in [5.74, 6) is 3.94. The Labute approximate surface area is 116 Å². The fourth-order valence-corrected chi connectivity index (χ4v) is 4.34. The summed E-state index contributed by atoms with van der Waals surface area (Å²) < 4.78 is 1.95. The van der Waals surface area contributed by atoms with Gasteiger partial charge in [0.05, 0.1) is 11.4 Å². The monoisotopic (exact) mass is 262 g/mol. The summed E-state index contributed by atoms with van der Waals surface area (Å²) in [5, 5.41) is 4.52. The van der Waals surface area contributed by atoms with Crippen LogP contribution in [0.15, 0.2) is 0 Å². The van der Waals surface area contributed by atoms with Crippen molar-refractivity contribution in [2.75, 3.05) is 24.2 Å². The van der Waals surface area contributed by atoms with Crippen molar-refractivity contribution in [1.82, 2.24) is 9.78 Å². The molecule has 4 heteroatoms. The van der Waals surface area contributed by atoms with Gasteiger partial charge in [0.25, 0.3) is 0 Å². The molecule has 2 saturated carbocycles. The quantitative estimate of drug-likeness (QED) is 0.906. The van der Waals surface area contributed by atoms with Crippen molar-refractivity contribution in [3.8, 4) is 0 Å². The van der Waals surface area contributed by atoms with Gasteiger partial charge in [0.15, 0.2) is 0 Å². The number of nitrogens with zero attached hydrogens (tertiary/aromatic N) is 3. The summed E-state index contributed by atoms with van der Waals surface area (Å²) in [5.41, 5.74) is 8.14. The van der Waals surface area contributed by atoms with Gasteiger partial charge in [0.1, 0.15) is 5.82 Å². The van der Waals surface area contributed by atoms with Gasteiger partial charge in [-0.3, -0.25) is 4.68 Å². The zero-order valence-electron chi connectivity index (χ0n) is 12.4. The van der Waals surface area contributed by atoms with Gasteiger partial charge >= 0.3 is 0 Å². The molecule has 0 amide bonds. The number of nitrogen functional groups attached to an aromatic ring is 1. The molecule has 0 saturated heterocycles. The molecule has 3 rings (SSSR count). The van der Waals surface area contributed by atoms with Crippen LogP contribution >= 0.6 is 0 Å². The molecule has 1 heterocycles. The summed E-state index contributed by atoms with van der Waals surface area (Å²) in [4.78, 5) is 2.33. The summed E-state index contributed by atoms with van der Waals surface area (Å²) in [7, 11) is 4.17. The molecule has 0 aliphatic heterocycles. The SMILES string of the molecule is CCc1nn(C)c(N(C)CC2CC3CCC2C3)c1N. The first-order chi connectivity index (χ1) is 9.10. The minimum atomic E-state index is 0.864. The van der Waals surface area contributed by atoms with Crippen LogP contribution in [0.25, 0.3) is 0 Å². The third-order valence-electron chi connectivity index (χ3n) is 5.22. The van der Waals surface area contributed by atoms with Crippen molar-refractivity contribution in [3.05, 3.63) is 5.69 Å². The lowest BCUT2D eigenvalue weighted by Crippen LogP contribution is -2.30. The number of hydrogen-bond donors (Lipinski definition) is 1. The molecular weight excluding hydrogens is 236 g/mol. The number of aromatic nitrogens is 2. The van der Waals surface area contributed by atoms with E-state index in [1.54, 1.807) is 0 Å². The molecule has 106 valence electrons. The van der Waals surface area contributed by atoms with Crippen LogP contribution in [0.2, 0.25) is 0 Å². The Kier molecular flexibility index (Phi) is 3.19. The van der Waals surface area contributed by atoms with Crippen LogP contribution in [0.3, 0.4) is 0 Å². The molecule has 3 atom stereocenters. The van der Waals surface area contributed by atoms with Crippen LogP contribution in [-0.4, -0.2) is 23.4 Å². The molecule has 2 bridgehead atoms. The maximum Gasteiger partial charge on any atom is 0.150 e. The molecule has 2 fully saturated rings. The van der Waals surface area contributed by atoms with E-state index in [1.165, 1.54) is 25.7 Å². The Morgan fingerprint density at radius 2 is 2.16 bits per heavy atom. The fraction of sp³-hybridized carbons (Fsp3) is 0.800. The fourth-order valence-electron chi connectivity index (χ4n) is 4.34. The molecule has 2 aliphatic rings. The summed E-state index contributed by atoms with van der Waals surface area (Å²) in [6.07, 6.45) is 6.72. The molecule has 4 nitrogen and oxygen atoms in total. The van der Waals surface area contributed by atoms with Crippen molar-refractivity contribution in [3.63, 3.8) is 0 Å². The van der Waals surface area contributed by atoms with E-state index in [0.29, 0.717) is 0 Å². The zero-order chi connectivity index (χ0) is 13.6. The maximum atomic E-state index is 6.24. The molecule has 19 heavy (non-hydrogen) atoms. The molecular formula is C15H26N4. The van der Waals surface area contributed by atoms with E-state index in [4.69, 9.17) is 5.73 Å². The Morgan fingerprint density at radius 3 is 2.68 bits per heavy atom. The number of hydrogen-bond acceptors (Lipinski definition) is 3. The third kappa shape index (κ3) is 2.11. The first kappa shape index (κ1) is 12.8. The third-order valence-corrected chi connectivity index (χ3v) is 5.22. The predicted molar refractivity (Wildman–Crippen MR) is 79.2 cm³/mol. The van der Waals surface area contributed by atoms with Crippen molar-refractivity contribution in [1.29, 1.82) is 0 Å². The number of aryl methyl sites for hydroxylation is 2. The van der Waals surface area contributed by atoms with Crippen molar-refractivity contribution in [2.45, 2.75) is 39.0 Å². The highest BCUT2D eigenvalue weighted by atomic mass is 15.4. The molecule has 1 aromatic heterocycles. The maximum absolute atomic E-state index is 6.24. The van der Waals surface area contributed by atoms with Gasteiger partial charge in [-0.2, -0.15) is 5.10 Å². The van der Waals surface area contributed by atoms with Crippen molar-refractivity contribution in [2.24, 2.45) is 24.8 Å². The molecule has 0 aromatic carbocycles. The lowest BCUT2D eigenvalue weighted by Gasteiger charge is -2.28. The summed E-state index contributed by atoms with van der Waals surface area (Å²) >= 11 is 0. The minimum Gasteiger partial charge on any atom is -0.394 e. The highest BCUT2D eigenvalue weighted by Crippen LogP contribution is 2.48. The van der Waals surface area contributed by atoms with Gasteiger partial charge in [-0.05, 0) is 43.4 Å². The zero-order valence-corrected chi connectivity index (χ0v) is 12.4. The van der Waals surface area contributed by atoms with E-state index in [2.05, 4.69) is 24.0 Å². The first-order valence-electron chi connectivity index (χ1n) is 7.62. The molecule has 2 aliphatic carbocycles. The normalized spacial score (nSPS) is 29.1. The van der Waals surface area contributed by atoms with Crippen LogP contribution < -0.4 is 10.6 Å². The lowest BCUT2D eigenvalue weighted by atomic mass is 9.88. The van der Waals surface area contributed by atoms with E-state index >= 15 is 0 Å². The molecule has 0 radical (unpaired) electrons. The Balaban J connectivity index is 1.73. The smallest absolute Gasteiger partial charge is 0.150 e. The molecule has 3 unspecified atom stereocenters. The van der Waals surface area contributed by atoms with Gasteiger partial charge in [0, 0.05) is 20.6 Å². The molecule has 2 N–H and O–H groups in total. The number of nitrogens with two attached hydrogens (primary N) is 1. The number of rotatable bonds is 4. The van der Waals surface area contributed by atoms with Gasteiger partial charge in [-0.25, -0.2) is 0 Å².